The molecule has 0 aliphatic heterocycles. The van der Waals surface area contributed by atoms with E-state index in [2.05, 4.69) is 36.2 Å². The van der Waals surface area contributed by atoms with E-state index in [1.807, 2.05) is 42.1 Å². The Morgan fingerprint density at radius 2 is 1.89 bits per heavy atom. The molecule has 0 bridgehead atoms. The van der Waals surface area contributed by atoms with Gasteiger partial charge in [-0.15, -0.1) is 0 Å². The quantitative estimate of drug-likeness (QED) is 0.321. The Morgan fingerprint density at radius 3 is 2.69 bits per heavy atom. The van der Waals surface area contributed by atoms with Crippen molar-refractivity contribution in [2.45, 2.75) is 51.5 Å². The molecular formula is C25H30N8O2. The summed E-state index contributed by atoms with van der Waals surface area (Å²) in [5.74, 6) is 2.23. The average molecular weight is 475 g/mol. The van der Waals surface area contributed by atoms with Crippen LogP contribution in [0.1, 0.15) is 45.4 Å². The number of carbonyl (C=O) groups is 1. The maximum atomic E-state index is 13.5. The molecule has 3 N–H and O–H groups in total. The van der Waals surface area contributed by atoms with Gasteiger partial charge in [-0.2, -0.15) is 9.97 Å². The van der Waals surface area contributed by atoms with E-state index in [0.717, 1.165) is 25.1 Å². The second-order valence-corrected chi connectivity index (χ2v) is 8.95. The lowest BCUT2D eigenvalue weighted by atomic mass is 9.84. The number of benzene rings is 1. The fourth-order valence-electron chi connectivity index (χ4n) is 4.62. The second kappa shape index (κ2) is 10.5. The summed E-state index contributed by atoms with van der Waals surface area (Å²) in [5.41, 5.74) is 1.90. The van der Waals surface area contributed by atoms with Crippen molar-refractivity contribution in [1.29, 1.82) is 0 Å². The van der Waals surface area contributed by atoms with Crippen molar-refractivity contribution in [3.63, 3.8) is 0 Å². The summed E-state index contributed by atoms with van der Waals surface area (Å²) in [6, 6.07) is 10.7. The molecule has 1 aromatic carbocycles. The number of hydrogen-bond acceptors (Lipinski definition) is 8. The summed E-state index contributed by atoms with van der Waals surface area (Å²) in [5, 5.41) is 17.3. The third-order valence-corrected chi connectivity index (χ3v) is 6.37. The first kappa shape index (κ1) is 22.8. The Balaban J connectivity index is 1.40. The Labute approximate surface area is 203 Å². The van der Waals surface area contributed by atoms with Gasteiger partial charge < -0.3 is 20.5 Å². The van der Waals surface area contributed by atoms with E-state index < -0.39 is 6.04 Å². The van der Waals surface area contributed by atoms with Crippen LogP contribution in [0, 0.1) is 5.92 Å². The van der Waals surface area contributed by atoms with Gasteiger partial charge in [0.25, 0.3) is 0 Å². The minimum Gasteiger partial charge on any atom is -0.358 e. The minimum absolute atomic E-state index is 0.113. The summed E-state index contributed by atoms with van der Waals surface area (Å²) in [7, 11) is 0. The van der Waals surface area contributed by atoms with Gasteiger partial charge in [0.1, 0.15) is 28.7 Å². The first-order valence-corrected chi connectivity index (χ1v) is 12.2. The number of nitrogens with zero attached hydrogens (tertiary/aromatic N) is 5. The summed E-state index contributed by atoms with van der Waals surface area (Å²) >= 11 is 0. The van der Waals surface area contributed by atoms with Gasteiger partial charge in [-0.3, -0.25) is 4.79 Å². The monoisotopic (exact) mass is 474 g/mol. The number of hydrogen-bond donors (Lipinski definition) is 3. The summed E-state index contributed by atoms with van der Waals surface area (Å²) in [6.07, 6.45) is 10.6. The van der Waals surface area contributed by atoms with Gasteiger partial charge in [-0.25, -0.2) is 4.63 Å². The number of amides is 1. The fourth-order valence-corrected chi connectivity index (χ4v) is 4.62. The first-order valence-electron chi connectivity index (χ1n) is 12.2. The van der Waals surface area contributed by atoms with E-state index in [1.54, 1.807) is 18.2 Å². The normalized spacial score (nSPS) is 15.1. The molecule has 182 valence electrons. The SMILES string of the molecule is CCNc1nc(NC(CC2CCCCC2)C(=O)Nc2ccc3nonc3c2)cc(-n2cccc2)n1. The molecule has 3 heterocycles. The molecule has 1 atom stereocenters. The van der Waals surface area contributed by atoms with Gasteiger partial charge in [0.2, 0.25) is 11.9 Å². The van der Waals surface area contributed by atoms with Crippen molar-refractivity contribution in [3.05, 3.63) is 48.8 Å². The van der Waals surface area contributed by atoms with Crippen molar-refractivity contribution < 1.29 is 9.42 Å². The average Bonchev–Trinajstić information content (AvgIpc) is 3.57. The molecule has 5 rings (SSSR count). The fraction of sp³-hybridized carbons (Fsp3) is 0.400. The summed E-state index contributed by atoms with van der Waals surface area (Å²) in [6.45, 7) is 2.69. The largest absolute Gasteiger partial charge is 0.358 e. The van der Waals surface area contributed by atoms with Crippen LogP contribution in [-0.4, -0.2) is 43.3 Å². The molecule has 35 heavy (non-hydrogen) atoms. The van der Waals surface area contributed by atoms with Gasteiger partial charge in [0.15, 0.2) is 0 Å². The molecule has 1 amide bonds. The molecule has 10 nitrogen and oxygen atoms in total. The Morgan fingerprint density at radius 1 is 1.09 bits per heavy atom. The zero-order valence-electron chi connectivity index (χ0n) is 19.8. The van der Waals surface area contributed by atoms with Crippen LogP contribution in [0.15, 0.2) is 53.4 Å². The topological polar surface area (TPSA) is 123 Å². The molecule has 1 aliphatic carbocycles. The zero-order chi connectivity index (χ0) is 24.0. The number of rotatable bonds is 9. The van der Waals surface area contributed by atoms with Crippen LogP contribution in [0.3, 0.4) is 0 Å². The van der Waals surface area contributed by atoms with E-state index >= 15 is 0 Å². The standard InChI is InChI=1S/C25H30N8O2/c1-2-26-25-29-22(16-23(30-25)33-12-6-7-13-33)28-21(14-17-8-4-3-5-9-17)24(34)27-18-10-11-19-20(15-18)32-35-31-19/h6-7,10-13,15-17,21H,2-5,8-9,14H2,1H3,(H,27,34)(H2,26,28,29,30). The highest BCUT2D eigenvalue weighted by Crippen LogP contribution is 2.29. The molecule has 1 unspecified atom stereocenters. The second-order valence-electron chi connectivity index (χ2n) is 8.95. The van der Waals surface area contributed by atoms with Crippen molar-refractivity contribution in [2.75, 3.05) is 22.5 Å². The molecule has 0 spiro atoms. The Kier molecular flexibility index (Phi) is 6.87. The lowest BCUT2D eigenvalue weighted by Crippen LogP contribution is -2.37. The third kappa shape index (κ3) is 5.59. The molecular weight excluding hydrogens is 444 g/mol. The molecule has 4 aromatic rings. The number of aromatic nitrogens is 5. The van der Waals surface area contributed by atoms with Crippen molar-refractivity contribution in [3.8, 4) is 5.82 Å². The van der Waals surface area contributed by atoms with Crippen LogP contribution in [-0.2, 0) is 4.79 Å². The van der Waals surface area contributed by atoms with Crippen LogP contribution in [0.5, 0.6) is 0 Å². The highest BCUT2D eigenvalue weighted by molar-refractivity contribution is 5.97. The maximum absolute atomic E-state index is 13.5. The number of anilines is 3. The highest BCUT2D eigenvalue weighted by Gasteiger charge is 2.25. The van der Waals surface area contributed by atoms with Gasteiger partial charge in [-0.1, -0.05) is 32.1 Å². The van der Waals surface area contributed by atoms with Gasteiger partial charge >= 0.3 is 0 Å². The van der Waals surface area contributed by atoms with Crippen molar-refractivity contribution >= 4 is 34.4 Å². The molecule has 1 aliphatic rings. The summed E-state index contributed by atoms with van der Waals surface area (Å²) < 4.78 is 6.70. The van der Waals surface area contributed by atoms with E-state index in [4.69, 9.17) is 4.63 Å². The molecule has 0 radical (unpaired) electrons. The van der Waals surface area contributed by atoms with Crippen LogP contribution < -0.4 is 16.0 Å². The number of fused-ring (bicyclic) bond motifs is 1. The molecule has 1 saturated carbocycles. The van der Waals surface area contributed by atoms with E-state index in [0.29, 0.717) is 40.9 Å². The van der Waals surface area contributed by atoms with E-state index in [1.165, 1.54) is 19.3 Å². The van der Waals surface area contributed by atoms with Crippen LogP contribution in [0.25, 0.3) is 16.9 Å². The lowest BCUT2D eigenvalue weighted by molar-refractivity contribution is -0.117. The smallest absolute Gasteiger partial charge is 0.246 e. The van der Waals surface area contributed by atoms with Crippen LogP contribution in [0.4, 0.5) is 17.5 Å². The molecule has 1 fully saturated rings. The van der Waals surface area contributed by atoms with E-state index in [-0.39, 0.29) is 5.91 Å². The van der Waals surface area contributed by atoms with E-state index in [9.17, 15) is 4.79 Å². The lowest BCUT2D eigenvalue weighted by Gasteiger charge is -2.27. The number of carbonyl (C=O) groups excluding carboxylic acids is 1. The Bertz CT molecular complexity index is 1260. The summed E-state index contributed by atoms with van der Waals surface area (Å²) in [4.78, 5) is 22.7. The van der Waals surface area contributed by atoms with Crippen LogP contribution >= 0.6 is 0 Å². The Hall–Kier alpha value is -3.95. The molecule has 3 aromatic heterocycles. The van der Waals surface area contributed by atoms with Gasteiger partial charge in [0.05, 0.1) is 0 Å². The third-order valence-electron chi connectivity index (χ3n) is 6.37. The predicted molar refractivity (Wildman–Crippen MR) is 135 cm³/mol. The zero-order valence-corrected chi connectivity index (χ0v) is 19.8. The molecule has 10 heteroatoms. The van der Waals surface area contributed by atoms with Gasteiger partial charge in [0, 0.05) is 30.7 Å². The maximum Gasteiger partial charge on any atom is 0.246 e. The highest BCUT2D eigenvalue weighted by atomic mass is 16.6. The predicted octanol–water partition coefficient (Wildman–Crippen LogP) is 4.62. The van der Waals surface area contributed by atoms with Crippen LogP contribution in [0.2, 0.25) is 0 Å². The van der Waals surface area contributed by atoms with Crippen molar-refractivity contribution in [1.82, 2.24) is 24.8 Å². The minimum atomic E-state index is -0.453. The number of nitrogens with one attached hydrogen (secondary N) is 3. The molecule has 0 saturated heterocycles. The first-order chi connectivity index (χ1) is 17.2. The van der Waals surface area contributed by atoms with Gasteiger partial charge in [-0.05, 0) is 59.9 Å². The van der Waals surface area contributed by atoms with Crippen molar-refractivity contribution in [2.24, 2.45) is 5.92 Å².